The van der Waals surface area contributed by atoms with Crippen molar-refractivity contribution in [1.29, 1.82) is 0 Å². The molecule has 3 rings (SSSR count). The molecule has 1 aromatic heterocycles. The molecule has 1 N–H and O–H groups in total. The van der Waals surface area contributed by atoms with Crippen LogP contribution in [0, 0.1) is 6.92 Å². The average Bonchev–Trinajstić information content (AvgIpc) is 2.74. The van der Waals surface area contributed by atoms with E-state index in [2.05, 4.69) is 24.3 Å². The third-order valence-corrected chi connectivity index (χ3v) is 6.67. The van der Waals surface area contributed by atoms with Crippen molar-refractivity contribution in [3.63, 3.8) is 0 Å². The Balaban J connectivity index is 2.03. The minimum Gasteiger partial charge on any atom is -0.286 e. The lowest BCUT2D eigenvalue weighted by molar-refractivity contribution is 0.482. The zero-order valence-corrected chi connectivity index (χ0v) is 13.2. The van der Waals surface area contributed by atoms with Crippen molar-refractivity contribution in [2.45, 2.75) is 19.1 Å². The van der Waals surface area contributed by atoms with Gasteiger partial charge in [0.25, 0.3) is 10.1 Å². The Hall–Kier alpha value is -1.50. The highest BCUT2D eigenvalue weighted by molar-refractivity contribution is 7.85. The molecule has 0 aliphatic rings. The van der Waals surface area contributed by atoms with Gasteiger partial charge in [-0.25, -0.2) is 0 Å². The van der Waals surface area contributed by atoms with Crippen LogP contribution in [0.15, 0.2) is 36.4 Å². The number of aryl methyl sites for hydroxylation is 2. The summed E-state index contributed by atoms with van der Waals surface area (Å²) in [5.41, 5.74) is 1.01. The predicted molar refractivity (Wildman–Crippen MR) is 87.5 cm³/mol. The number of rotatable bonds is 4. The average molecular weight is 322 g/mol. The molecule has 0 fully saturated rings. The van der Waals surface area contributed by atoms with Gasteiger partial charge in [0.2, 0.25) is 9.71 Å². The van der Waals surface area contributed by atoms with Gasteiger partial charge in [0.05, 0.1) is 5.75 Å². The van der Waals surface area contributed by atoms with E-state index in [-0.39, 0.29) is 16.2 Å². The maximum absolute atomic E-state index is 10.8. The molecule has 6 heteroatoms. The molecule has 3 aromatic rings. The van der Waals surface area contributed by atoms with E-state index in [0.29, 0.717) is 12.2 Å². The normalized spacial score (nSPS) is 13.1. The van der Waals surface area contributed by atoms with Gasteiger partial charge < -0.3 is 0 Å². The summed E-state index contributed by atoms with van der Waals surface area (Å²) in [6.07, 6.45) is 0.446. The molecule has 0 radical (unpaired) electrons. The van der Waals surface area contributed by atoms with Crippen LogP contribution < -0.4 is 0 Å². The molecule has 1 atom stereocenters. The highest BCUT2D eigenvalue weighted by Crippen LogP contribution is 2.38. The van der Waals surface area contributed by atoms with Crippen LogP contribution in [-0.4, -0.2) is 23.7 Å². The summed E-state index contributed by atoms with van der Waals surface area (Å²) in [4.78, 5) is 4.69. The summed E-state index contributed by atoms with van der Waals surface area (Å²) < 4.78 is 31.7. The van der Waals surface area contributed by atoms with Gasteiger partial charge in [0, 0.05) is 35.3 Å². The van der Waals surface area contributed by atoms with E-state index in [9.17, 15) is 8.42 Å². The lowest BCUT2D eigenvalue weighted by Gasteiger charge is -1.96. The highest BCUT2D eigenvalue weighted by atomic mass is 32.2. The van der Waals surface area contributed by atoms with Crippen molar-refractivity contribution < 1.29 is 13.0 Å². The SMILES string of the molecule is Cc1nc2c3ccccc3ccc2[s+]1CCCS(=O)(=O)O. The molecule has 110 valence electrons. The first kappa shape index (κ1) is 14.4. The summed E-state index contributed by atoms with van der Waals surface area (Å²) in [6.45, 7) is 1.99. The summed E-state index contributed by atoms with van der Waals surface area (Å²) in [5.74, 6) is 0.521. The van der Waals surface area contributed by atoms with Gasteiger partial charge in [-0.15, -0.1) is 0 Å². The third kappa shape index (κ3) is 2.92. The maximum atomic E-state index is 10.8. The molecule has 0 amide bonds. The van der Waals surface area contributed by atoms with Crippen molar-refractivity contribution in [3.05, 3.63) is 41.4 Å². The van der Waals surface area contributed by atoms with Crippen LogP contribution in [0.1, 0.15) is 11.4 Å². The quantitative estimate of drug-likeness (QED) is 0.587. The standard InChI is InChI=1S/C15H15NO3S2/c1-11-16-15-13-6-3-2-5-12(13)7-8-14(15)20(11)9-4-10-21(17,18)19/h2-3,5-8H,4,9-10H2,1H3/p+1. The van der Waals surface area contributed by atoms with Crippen molar-refractivity contribution in [3.8, 4) is 0 Å². The second kappa shape index (κ2) is 5.36. The van der Waals surface area contributed by atoms with Gasteiger partial charge in [0.15, 0.2) is 0 Å². The van der Waals surface area contributed by atoms with E-state index < -0.39 is 10.1 Å². The molecule has 0 saturated carbocycles. The number of hydrogen-bond donors (Lipinski definition) is 1. The van der Waals surface area contributed by atoms with Crippen LogP contribution in [0.2, 0.25) is 0 Å². The molecule has 21 heavy (non-hydrogen) atoms. The number of nitrogens with zero attached hydrogens (tertiary/aromatic N) is 1. The molecule has 0 bridgehead atoms. The topological polar surface area (TPSA) is 67.3 Å². The Morgan fingerprint density at radius 3 is 2.71 bits per heavy atom. The minimum atomic E-state index is -3.88. The smallest absolute Gasteiger partial charge is 0.265 e. The Morgan fingerprint density at radius 2 is 1.95 bits per heavy atom. The first-order valence-electron chi connectivity index (χ1n) is 6.69. The molecule has 1 unspecified atom stereocenters. The van der Waals surface area contributed by atoms with E-state index in [1.54, 1.807) is 0 Å². The number of aromatic nitrogens is 1. The highest BCUT2D eigenvalue weighted by Gasteiger charge is 2.21. The Bertz CT molecular complexity index is 913. The van der Waals surface area contributed by atoms with Crippen molar-refractivity contribution >= 4 is 41.6 Å². The van der Waals surface area contributed by atoms with Gasteiger partial charge in [-0.05, 0) is 11.5 Å². The monoisotopic (exact) mass is 322 g/mol. The van der Waals surface area contributed by atoms with Gasteiger partial charge in [-0.3, -0.25) is 4.55 Å². The van der Waals surface area contributed by atoms with Crippen molar-refractivity contribution in [1.82, 2.24) is 4.98 Å². The number of hydrogen-bond acceptors (Lipinski definition) is 3. The number of benzene rings is 2. The summed E-state index contributed by atoms with van der Waals surface area (Å²) in [6, 6.07) is 12.3. The second-order valence-electron chi connectivity index (χ2n) is 5.00. The van der Waals surface area contributed by atoms with Crippen LogP contribution in [0.4, 0.5) is 0 Å². The number of thiazole rings is 1. The fourth-order valence-electron chi connectivity index (χ4n) is 2.56. The lowest BCUT2D eigenvalue weighted by atomic mass is 10.1. The molecule has 2 aromatic carbocycles. The zero-order chi connectivity index (χ0) is 15.0. The van der Waals surface area contributed by atoms with Crippen LogP contribution >= 0.6 is 10.5 Å². The molecule has 0 aliphatic carbocycles. The maximum Gasteiger partial charge on any atom is 0.265 e. The van der Waals surface area contributed by atoms with Crippen LogP contribution in [0.5, 0.6) is 0 Å². The molecule has 1 heterocycles. The van der Waals surface area contributed by atoms with E-state index in [1.165, 1.54) is 4.70 Å². The van der Waals surface area contributed by atoms with E-state index >= 15 is 0 Å². The van der Waals surface area contributed by atoms with Crippen LogP contribution in [0.25, 0.3) is 21.0 Å². The van der Waals surface area contributed by atoms with Gasteiger partial charge in [-0.1, -0.05) is 24.3 Å². The second-order valence-corrected chi connectivity index (χ2v) is 8.79. The van der Waals surface area contributed by atoms with E-state index in [0.717, 1.165) is 21.3 Å². The third-order valence-electron chi connectivity index (χ3n) is 3.51. The molecule has 0 saturated heterocycles. The predicted octanol–water partition coefficient (Wildman–Crippen LogP) is 3.72. The summed E-state index contributed by atoms with van der Waals surface area (Å²) in [7, 11) is -4.04. The molecular formula is C15H16NO3S2+. The van der Waals surface area contributed by atoms with Gasteiger partial charge >= 0.3 is 0 Å². The van der Waals surface area contributed by atoms with Gasteiger partial charge in [0.1, 0.15) is 11.3 Å². The fraction of sp³-hybridized carbons (Fsp3) is 0.267. The van der Waals surface area contributed by atoms with Crippen molar-refractivity contribution in [2.24, 2.45) is 0 Å². The van der Waals surface area contributed by atoms with Crippen molar-refractivity contribution in [2.75, 3.05) is 5.75 Å². The number of fused-ring (bicyclic) bond motifs is 3. The summed E-state index contributed by atoms with van der Waals surface area (Å²) >= 11 is 0. The minimum absolute atomic E-state index is 0.163. The summed E-state index contributed by atoms with van der Waals surface area (Å²) in [5, 5.41) is 3.34. The zero-order valence-electron chi connectivity index (χ0n) is 11.6. The first-order valence-corrected chi connectivity index (χ1v) is 9.69. The van der Waals surface area contributed by atoms with Crippen LogP contribution in [0.3, 0.4) is 0 Å². The molecule has 4 nitrogen and oxygen atoms in total. The fourth-order valence-corrected chi connectivity index (χ4v) is 5.35. The Labute approximate surface area is 126 Å². The van der Waals surface area contributed by atoms with Gasteiger partial charge in [-0.2, -0.15) is 13.4 Å². The lowest BCUT2D eigenvalue weighted by Crippen LogP contribution is -2.03. The Morgan fingerprint density at radius 1 is 1.19 bits per heavy atom. The largest absolute Gasteiger partial charge is 0.286 e. The molecular weight excluding hydrogens is 306 g/mol. The van der Waals surface area contributed by atoms with E-state index in [1.807, 2.05) is 19.1 Å². The van der Waals surface area contributed by atoms with Crippen LogP contribution in [-0.2, 0) is 15.9 Å². The molecule has 0 spiro atoms. The van der Waals surface area contributed by atoms with E-state index in [4.69, 9.17) is 9.54 Å². The molecule has 0 aliphatic heterocycles. The first-order chi connectivity index (χ1) is 9.96. The Kier molecular flexibility index (Phi) is 3.69.